The molecule has 1 aromatic carbocycles. The molecule has 0 saturated heterocycles. The second kappa shape index (κ2) is 6.26. The van der Waals surface area contributed by atoms with Crippen molar-refractivity contribution in [3.63, 3.8) is 0 Å². The highest BCUT2D eigenvalue weighted by atomic mass is 32.1. The van der Waals surface area contributed by atoms with Crippen molar-refractivity contribution in [2.24, 2.45) is 0 Å². The third-order valence-electron chi connectivity index (χ3n) is 3.35. The minimum Gasteiger partial charge on any atom is -0.484 e. The van der Waals surface area contributed by atoms with E-state index in [1.54, 1.807) is 11.3 Å². The summed E-state index contributed by atoms with van der Waals surface area (Å²) in [5, 5.41) is 6.06. The van der Waals surface area contributed by atoms with Gasteiger partial charge in [0.25, 0.3) is 5.91 Å². The highest BCUT2D eigenvalue weighted by Crippen LogP contribution is 2.41. The normalized spacial score (nSPS) is 14.0. The monoisotopic (exact) mass is 302 g/mol. The lowest BCUT2D eigenvalue weighted by molar-refractivity contribution is -0.123. The number of rotatable bonds is 6. The Morgan fingerprint density at radius 3 is 2.86 bits per heavy atom. The van der Waals surface area contributed by atoms with E-state index in [0.29, 0.717) is 18.2 Å². The van der Waals surface area contributed by atoms with E-state index in [0.717, 1.165) is 5.69 Å². The number of hydrogen-bond acceptors (Lipinski definition) is 4. The summed E-state index contributed by atoms with van der Waals surface area (Å²) >= 11 is 1.69. The van der Waals surface area contributed by atoms with Gasteiger partial charge in [0.2, 0.25) is 0 Å². The number of carbonyl (C=O) groups is 1. The molecule has 110 valence electrons. The molecule has 1 aliphatic rings. The van der Waals surface area contributed by atoms with Crippen molar-refractivity contribution >= 4 is 17.2 Å². The van der Waals surface area contributed by atoms with E-state index >= 15 is 0 Å². The van der Waals surface area contributed by atoms with Crippen LogP contribution >= 0.6 is 11.3 Å². The summed E-state index contributed by atoms with van der Waals surface area (Å²) in [5.41, 5.74) is 2.10. The molecule has 0 spiro atoms. The minimum absolute atomic E-state index is 0.0304. The first-order valence-corrected chi connectivity index (χ1v) is 7.99. The smallest absolute Gasteiger partial charge is 0.258 e. The Morgan fingerprint density at radius 1 is 1.38 bits per heavy atom. The maximum absolute atomic E-state index is 11.7. The van der Waals surface area contributed by atoms with Crippen LogP contribution in [-0.4, -0.2) is 17.5 Å². The summed E-state index contributed by atoms with van der Waals surface area (Å²) in [5.74, 6) is 1.25. The van der Waals surface area contributed by atoms with Crippen molar-refractivity contribution in [3.05, 3.63) is 45.9 Å². The molecule has 0 aliphatic heterocycles. The summed E-state index contributed by atoms with van der Waals surface area (Å²) in [4.78, 5) is 16.3. The van der Waals surface area contributed by atoms with Gasteiger partial charge >= 0.3 is 0 Å². The van der Waals surface area contributed by atoms with Crippen LogP contribution in [0.15, 0.2) is 29.6 Å². The van der Waals surface area contributed by atoms with E-state index in [2.05, 4.69) is 10.3 Å². The van der Waals surface area contributed by atoms with Gasteiger partial charge in [-0.1, -0.05) is 17.7 Å². The standard InChI is InChI=1S/C16H18N2O2S/c1-11-2-6-14(7-3-11)20-9-15(19)17-8-13-10-21-16(18-13)12-4-5-12/h2-3,6-7,10,12H,4-5,8-9H2,1H3,(H,17,19). The van der Waals surface area contributed by atoms with Gasteiger partial charge < -0.3 is 10.1 Å². The number of thiazole rings is 1. The largest absolute Gasteiger partial charge is 0.484 e. The zero-order chi connectivity index (χ0) is 14.7. The minimum atomic E-state index is -0.128. The Balaban J connectivity index is 1.42. The van der Waals surface area contributed by atoms with E-state index < -0.39 is 0 Å². The zero-order valence-corrected chi connectivity index (χ0v) is 12.8. The van der Waals surface area contributed by atoms with Crippen LogP contribution in [0.3, 0.4) is 0 Å². The highest BCUT2D eigenvalue weighted by molar-refractivity contribution is 7.09. The lowest BCUT2D eigenvalue weighted by Crippen LogP contribution is -2.28. The van der Waals surface area contributed by atoms with E-state index in [1.807, 2.05) is 36.6 Å². The number of ether oxygens (including phenoxy) is 1. The first-order valence-electron chi connectivity index (χ1n) is 7.11. The van der Waals surface area contributed by atoms with E-state index in [9.17, 15) is 4.79 Å². The number of aromatic nitrogens is 1. The molecule has 0 atom stereocenters. The predicted octanol–water partition coefficient (Wildman–Crippen LogP) is 3.02. The van der Waals surface area contributed by atoms with Gasteiger partial charge in [-0.2, -0.15) is 0 Å². The first kappa shape index (κ1) is 14.1. The molecule has 1 aliphatic carbocycles. The molecule has 1 heterocycles. The second-order valence-corrected chi connectivity index (χ2v) is 6.22. The number of amides is 1. The van der Waals surface area contributed by atoms with Gasteiger partial charge in [0.15, 0.2) is 6.61 Å². The fraction of sp³-hybridized carbons (Fsp3) is 0.375. The molecular weight excluding hydrogens is 284 g/mol. The molecule has 2 aromatic rings. The lowest BCUT2D eigenvalue weighted by atomic mass is 10.2. The van der Waals surface area contributed by atoms with Crippen molar-refractivity contribution in [1.29, 1.82) is 0 Å². The van der Waals surface area contributed by atoms with Crippen LogP contribution in [0.5, 0.6) is 5.75 Å². The molecule has 1 saturated carbocycles. The van der Waals surface area contributed by atoms with Crippen LogP contribution in [0.4, 0.5) is 0 Å². The fourth-order valence-electron chi connectivity index (χ4n) is 1.95. The van der Waals surface area contributed by atoms with Gasteiger partial charge in [-0.25, -0.2) is 4.98 Å². The van der Waals surface area contributed by atoms with E-state index in [4.69, 9.17) is 4.74 Å². The van der Waals surface area contributed by atoms with Gasteiger partial charge in [0.05, 0.1) is 17.2 Å². The third kappa shape index (κ3) is 4.04. The Morgan fingerprint density at radius 2 is 2.14 bits per heavy atom. The topological polar surface area (TPSA) is 51.2 Å². The van der Waals surface area contributed by atoms with Gasteiger partial charge in [-0.15, -0.1) is 11.3 Å². The number of nitrogens with zero attached hydrogens (tertiary/aromatic N) is 1. The molecule has 3 rings (SSSR count). The fourth-order valence-corrected chi connectivity index (χ4v) is 2.94. The molecule has 1 fully saturated rings. The van der Waals surface area contributed by atoms with Gasteiger partial charge in [0, 0.05) is 11.3 Å². The predicted molar refractivity (Wildman–Crippen MR) is 82.6 cm³/mol. The molecule has 0 bridgehead atoms. The molecule has 4 nitrogen and oxygen atoms in total. The van der Waals surface area contributed by atoms with Crippen molar-refractivity contribution in [1.82, 2.24) is 10.3 Å². The number of aryl methyl sites for hydroxylation is 1. The summed E-state index contributed by atoms with van der Waals surface area (Å²) in [7, 11) is 0. The quantitative estimate of drug-likeness (QED) is 0.892. The van der Waals surface area contributed by atoms with Crippen LogP contribution in [0.25, 0.3) is 0 Å². The van der Waals surface area contributed by atoms with Crippen LogP contribution in [-0.2, 0) is 11.3 Å². The van der Waals surface area contributed by atoms with Crippen molar-refractivity contribution in [2.75, 3.05) is 6.61 Å². The number of benzene rings is 1. The van der Waals surface area contributed by atoms with Crippen LogP contribution in [0, 0.1) is 6.92 Å². The van der Waals surface area contributed by atoms with Crippen LogP contribution in [0.2, 0.25) is 0 Å². The molecule has 1 aromatic heterocycles. The lowest BCUT2D eigenvalue weighted by Gasteiger charge is -2.06. The summed E-state index contributed by atoms with van der Waals surface area (Å²) in [6.07, 6.45) is 2.51. The highest BCUT2D eigenvalue weighted by Gasteiger charge is 2.26. The van der Waals surface area contributed by atoms with Gasteiger partial charge in [-0.3, -0.25) is 4.79 Å². The second-order valence-electron chi connectivity index (χ2n) is 5.33. The summed E-state index contributed by atoms with van der Waals surface area (Å²) < 4.78 is 5.43. The maximum atomic E-state index is 11.7. The van der Waals surface area contributed by atoms with Crippen molar-refractivity contribution in [2.45, 2.75) is 32.2 Å². The average Bonchev–Trinajstić information content (AvgIpc) is 3.23. The van der Waals surface area contributed by atoms with Crippen molar-refractivity contribution < 1.29 is 9.53 Å². The number of hydrogen-bond donors (Lipinski definition) is 1. The zero-order valence-electron chi connectivity index (χ0n) is 12.0. The van der Waals surface area contributed by atoms with Crippen molar-refractivity contribution in [3.8, 4) is 5.75 Å². The Kier molecular flexibility index (Phi) is 4.20. The Bertz CT molecular complexity index is 617. The third-order valence-corrected chi connectivity index (χ3v) is 4.41. The van der Waals surface area contributed by atoms with Gasteiger partial charge in [0.1, 0.15) is 5.75 Å². The van der Waals surface area contributed by atoms with E-state index in [-0.39, 0.29) is 12.5 Å². The number of nitrogens with one attached hydrogen (secondary N) is 1. The molecule has 1 amide bonds. The number of carbonyl (C=O) groups excluding carboxylic acids is 1. The average molecular weight is 302 g/mol. The van der Waals surface area contributed by atoms with E-state index in [1.165, 1.54) is 23.4 Å². The Hall–Kier alpha value is -1.88. The molecule has 1 N–H and O–H groups in total. The van der Waals surface area contributed by atoms with Gasteiger partial charge in [-0.05, 0) is 31.9 Å². The van der Waals surface area contributed by atoms with Crippen LogP contribution in [0.1, 0.15) is 35.0 Å². The molecule has 0 radical (unpaired) electrons. The molecule has 21 heavy (non-hydrogen) atoms. The van der Waals surface area contributed by atoms with Crippen LogP contribution < -0.4 is 10.1 Å². The molecule has 5 heteroatoms. The SMILES string of the molecule is Cc1ccc(OCC(=O)NCc2csc(C3CC3)n2)cc1. The molecule has 0 unspecified atom stereocenters. The maximum Gasteiger partial charge on any atom is 0.258 e. The summed E-state index contributed by atoms with van der Waals surface area (Å²) in [6.45, 7) is 2.52. The Labute approximate surface area is 128 Å². The molecular formula is C16H18N2O2S. The first-order chi connectivity index (χ1) is 10.2. The summed E-state index contributed by atoms with van der Waals surface area (Å²) in [6, 6.07) is 7.65.